The summed E-state index contributed by atoms with van der Waals surface area (Å²) in [6.07, 6.45) is 0.902. The van der Waals surface area contributed by atoms with Gasteiger partial charge in [0, 0.05) is 25.2 Å². The number of rotatable bonds is 5. The molecule has 1 aromatic rings. The van der Waals surface area contributed by atoms with E-state index in [1.165, 1.54) is 0 Å². The molecule has 21 heavy (non-hydrogen) atoms. The van der Waals surface area contributed by atoms with E-state index < -0.39 is 0 Å². The Labute approximate surface area is 126 Å². The Hall–Kier alpha value is -1.75. The van der Waals surface area contributed by atoms with Gasteiger partial charge in [0.05, 0.1) is 20.1 Å². The highest BCUT2D eigenvalue weighted by atomic mass is 16.5. The summed E-state index contributed by atoms with van der Waals surface area (Å²) in [4.78, 5) is 14.3. The predicted molar refractivity (Wildman–Crippen MR) is 81.6 cm³/mol. The number of para-hydroxylation sites is 1. The van der Waals surface area contributed by atoms with Gasteiger partial charge in [-0.05, 0) is 26.0 Å². The summed E-state index contributed by atoms with van der Waals surface area (Å²) in [5, 5.41) is 3.32. The Balaban J connectivity index is 2.12. The summed E-state index contributed by atoms with van der Waals surface area (Å²) >= 11 is 0. The van der Waals surface area contributed by atoms with E-state index in [1.807, 2.05) is 25.2 Å². The number of amides is 1. The molecule has 116 valence electrons. The van der Waals surface area contributed by atoms with Gasteiger partial charge in [0.25, 0.3) is 0 Å². The molecule has 1 fully saturated rings. The summed E-state index contributed by atoms with van der Waals surface area (Å²) in [6, 6.07) is 5.97. The second-order valence-corrected chi connectivity index (χ2v) is 5.48. The van der Waals surface area contributed by atoms with E-state index in [1.54, 1.807) is 19.1 Å². The molecule has 1 aliphatic heterocycles. The van der Waals surface area contributed by atoms with E-state index in [-0.39, 0.29) is 17.9 Å². The lowest BCUT2D eigenvalue weighted by Crippen LogP contribution is -2.37. The fourth-order valence-corrected chi connectivity index (χ4v) is 2.89. The van der Waals surface area contributed by atoms with Gasteiger partial charge in [-0.1, -0.05) is 12.1 Å². The first-order chi connectivity index (χ1) is 10.1. The maximum atomic E-state index is 12.5. The number of benzene rings is 1. The van der Waals surface area contributed by atoms with Crippen LogP contribution < -0.4 is 14.8 Å². The Morgan fingerprint density at radius 2 is 2.14 bits per heavy atom. The van der Waals surface area contributed by atoms with Crippen LogP contribution in [0.4, 0.5) is 0 Å². The van der Waals surface area contributed by atoms with Crippen molar-refractivity contribution in [1.82, 2.24) is 10.2 Å². The first-order valence-corrected chi connectivity index (χ1v) is 7.26. The van der Waals surface area contributed by atoms with Crippen LogP contribution in [0.15, 0.2) is 18.2 Å². The van der Waals surface area contributed by atoms with Gasteiger partial charge in [0.1, 0.15) is 0 Å². The van der Waals surface area contributed by atoms with Gasteiger partial charge in [-0.15, -0.1) is 0 Å². The highest BCUT2D eigenvalue weighted by Crippen LogP contribution is 2.31. The molecule has 0 saturated carbocycles. The van der Waals surface area contributed by atoms with Crippen molar-refractivity contribution < 1.29 is 14.3 Å². The molecule has 1 aliphatic rings. The van der Waals surface area contributed by atoms with Gasteiger partial charge in [0.2, 0.25) is 5.91 Å². The zero-order valence-electron chi connectivity index (χ0n) is 13.2. The number of hydrogen-bond acceptors (Lipinski definition) is 4. The summed E-state index contributed by atoms with van der Waals surface area (Å²) in [6.45, 7) is 3.49. The Kier molecular flexibility index (Phi) is 5.07. The maximum Gasteiger partial charge on any atom is 0.227 e. The lowest BCUT2D eigenvalue weighted by molar-refractivity contribution is -0.134. The van der Waals surface area contributed by atoms with Crippen molar-refractivity contribution >= 4 is 5.91 Å². The number of methoxy groups -OCH3 is 2. The minimum atomic E-state index is 0.0617. The Morgan fingerprint density at radius 1 is 1.38 bits per heavy atom. The second-order valence-electron chi connectivity index (χ2n) is 5.48. The van der Waals surface area contributed by atoms with Crippen LogP contribution in [0.3, 0.4) is 0 Å². The minimum absolute atomic E-state index is 0.0617. The van der Waals surface area contributed by atoms with Crippen molar-refractivity contribution in [3.05, 3.63) is 23.8 Å². The third-order valence-corrected chi connectivity index (χ3v) is 4.11. The van der Waals surface area contributed by atoms with E-state index >= 15 is 0 Å². The van der Waals surface area contributed by atoms with Crippen LogP contribution in [0.5, 0.6) is 11.5 Å². The first-order valence-electron chi connectivity index (χ1n) is 7.26. The smallest absolute Gasteiger partial charge is 0.227 e. The van der Waals surface area contributed by atoms with Crippen molar-refractivity contribution in [2.24, 2.45) is 5.92 Å². The van der Waals surface area contributed by atoms with Crippen LogP contribution in [0.1, 0.15) is 18.9 Å². The molecule has 1 amide bonds. The number of carbonyl (C=O) groups excluding carboxylic acids is 1. The van der Waals surface area contributed by atoms with E-state index in [0.717, 1.165) is 18.5 Å². The zero-order chi connectivity index (χ0) is 15.4. The quantitative estimate of drug-likeness (QED) is 0.897. The molecule has 1 heterocycles. The van der Waals surface area contributed by atoms with Gasteiger partial charge >= 0.3 is 0 Å². The SMILES string of the molecule is COc1cccc(CN(C)C(=O)C2CCNC2C)c1OC. The molecule has 0 spiro atoms. The average Bonchev–Trinajstić information content (AvgIpc) is 2.92. The van der Waals surface area contributed by atoms with Crippen LogP contribution in [0, 0.1) is 5.92 Å². The predicted octanol–water partition coefficient (Wildman–Crippen LogP) is 1.66. The van der Waals surface area contributed by atoms with E-state index in [0.29, 0.717) is 18.0 Å². The number of nitrogens with zero attached hydrogens (tertiary/aromatic N) is 1. The number of hydrogen-bond donors (Lipinski definition) is 1. The third-order valence-electron chi connectivity index (χ3n) is 4.11. The molecule has 0 aliphatic carbocycles. The van der Waals surface area contributed by atoms with Crippen molar-refractivity contribution in [3.8, 4) is 11.5 Å². The lowest BCUT2D eigenvalue weighted by Gasteiger charge is -2.24. The van der Waals surface area contributed by atoms with Crippen molar-refractivity contribution in [3.63, 3.8) is 0 Å². The van der Waals surface area contributed by atoms with Crippen molar-refractivity contribution in [1.29, 1.82) is 0 Å². The summed E-state index contributed by atoms with van der Waals surface area (Å²) in [5.74, 6) is 1.62. The van der Waals surface area contributed by atoms with Gasteiger partial charge < -0.3 is 19.7 Å². The molecule has 5 heteroatoms. The zero-order valence-corrected chi connectivity index (χ0v) is 13.2. The fourth-order valence-electron chi connectivity index (χ4n) is 2.89. The Morgan fingerprint density at radius 3 is 2.71 bits per heavy atom. The van der Waals surface area contributed by atoms with Crippen LogP contribution in [0.2, 0.25) is 0 Å². The van der Waals surface area contributed by atoms with Gasteiger partial charge in [-0.2, -0.15) is 0 Å². The van der Waals surface area contributed by atoms with Gasteiger partial charge in [-0.25, -0.2) is 0 Å². The molecule has 1 aromatic carbocycles. The van der Waals surface area contributed by atoms with E-state index in [9.17, 15) is 4.79 Å². The van der Waals surface area contributed by atoms with E-state index in [2.05, 4.69) is 12.2 Å². The molecular weight excluding hydrogens is 268 g/mol. The second kappa shape index (κ2) is 6.80. The molecule has 1 saturated heterocycles. The minimum Gasteiger partial charge on any atom is -0.493 e. The monoisotopic (exact) mass is 292 g/mol. The summed E-state index contributed by atoms with van der Waals surface area (Å²) < 4.78 is 10.7. The van der Waals surface area contributed by atoms with Crippen LogP contribution in [-0.4, -0.2) is 44.7 Å². The third kappa shape index (κ3) is 3.29. The summed E-state index contributed by atoms with van der Waals surface area (Å²) in [7, 11) is 5.07. The highest BCUT2D eigenvalue weighted by Gasteiger charge is 2.31. The van der Waals surface area contributed by atoms with E-state index in [4.69, 9.17) is 9.47 Å². The summed E-state index contributed by atoms with van der Waals surface area (Å²) in [5.41, 5.74) is 0.950. The van der Waals surface area contributed by atoms with Crippen LogP contribution in [-0.2, 0) is 11.3 Å². The standard InChI is InChI=1S/C16H24N2O3/c1-11-13(8-9-17-11)16(19)18(2)10-12-6-5-7-14(20-3)15(12)21-4/h5-7,11,13,17H,8-10H2,1-4H3. The van der Waals surface area contributed by atoms with Gasteiger partial charge in [0.15, 0.2) is 11.5 Å². The number of ether oxygens (including phenoxy) is 2. The molecule has 2 atom stereocenters. The topological polar surface area (TPSA) is 50.8 Å². The maximum absolute atomic E-state index is 12.5. The molecule has 0 bridgehead atoms. The molecule has 1 N–H and O–H groups in total. The highest BCUT2D eigenvalue weighted by molar-refractivity contribution is 5.79. The van der Waals surface area contributed by atoms with Crippen molar-refractivity contribution in [2.45, 2.75) is 25.9 Å². The fraction of sp³-hybridized carbons (Fsp3) is 0.562. The molecule has 5 nitrogen and oxygen atoms in total. The lowest BCUT2D eigenvalue weighted by atomic mass is 10.0. The number of nitrogens with one attached hydrogen (secondary N) is 1. The van der Waals surface area contributed by atoms with Crippen LogP contribution in [0.25, 0.3) is 0 Å². The molecule has 0 aromatic heterocycles. The number of carbonyl (C=O) groups is 1. The van der Waals surface area contributed by atoms with Gasteiger partial charge in [-0.3, -0.25) is 4.79 Å². The normalized spacial score (nSPS) is 21.1. The molecular formula is C16H24N2O3. The largest absolute Gasteiger partial charge is 0.493 e. The molecule has 2 rings (SSSR count). The first kappa shape index (κ1) is 15.6. The average molecular weight is 292 g/mol. The molecule has 0 radical (unpaired) electrons. The molecule has 2 unspecified atom stereocenters. The van der Waals surface area contributed by atoms with Crippen LogP contribution >= 0.6 is 0 Å². The van der Waals surface area contributed by atoms with Crippen molar-refractivity contribution in [2.75, 3.05) is 27.8 Å². The Bertz CT molecular complexity index is 504.